The number of anilines is 1. The van der Waals surface area contributed by atoms with E-state index in [1.807, 2.05) is 30.3 Å². The molecule has 1 aromatic carbocycles. The van der Waals surface area contributed by atoms with Crippen LogP contribution in [-0.4, -0.2) is 34.8 Å². The fourth-order valence-corrected chi connectivity index (χ4v) is 2.23. The maximum absolute atomic E-state index is 12.3. The first kappa shape index (κ1) is 16.5. The van der Waals surface area contributed by atoms with Gasteiger partial charge in [0.2, 0.25) is 0 Å². The minimum atomic E-state index is -1.11. The van der Waals surface area contributed by atoms with Crippen LogP contribution >= 0.6 is 0 Å². The summed E-state index contributed by atoms with van der Waals surface area (Å²) in [6.45, 7) is 1.83. The van der Waals surface area contributed by atoms with Crippen molar-refractivity contribution in [2.24, 2.45) is 0 Å². The van der Waals surface area contributed by atoms with Gasteiger partial charge in [-0.15, -0.1) is 0 Å². The van der Waals surface area contributed by atoms with Gasteiger partial charge in [-0.25, -0.2) is 9.59 Å². The normalized spacial score (nSPS) is 11.5. The average molecular weight is 314 g/mol. The average Bonchev–Trinajstić information content (AvgIpc) is 2.56. The van der Waals surface area contributed by atoms with E-state index in [1.54, 1.807) is 25.3 Å². The van der Waals surface area contributed by atoms with Crippen molar-refractivity contribution in [2.45, 2.75) is 19.4 Å². The van der Waals surface area contributed by atoms with Crippen LogP contribution in [-0.2, 0) is 16.0 Å². The van der Waals surface area contributed by atoms with Crippen molar-refractivity contribution >= 4 is 17.7 Å². The Hall–Kier alpha value is -2.89. The molecule has 2 rings (SSSR count). The van der Waals surface area contributed by atoms with Gasteiger partial charge in [0.05, 0.1) is 18.5 Å². The van der Waals surface area contributed by atoms with Gasteiger partial charge >= 0.3 is 12.1 Å². The molecule has 0 aliphatic rings. The number of carbonyl (C=O) groups is 2. The number of hydrogen-bond donors (Lipinski definition) is 1. The molecule has 0 saturated carbocycles. The zero-order chi connectivity index (χ0) is 16.7. The van der Waals surface area contributed by atoms with Crippen LogP contribution in [0.4, 0.5) is 10.5 Å². The van der Waals surface area contributed by atoms with Crippen LogP contribution in [0.3, 0.4) is 0 Å². The van der Waals surface area contributed by atoms with Gasteiger partial charge in [-0.1, -0.05) is 30.3 Å². The number of ether oxygens (including phenoxy) is 1. The quantitative estimate of drug-likeness (QED) is 0.887. The number of amides is 1. The topological polar surface area (TPSA) is 79.7 Å². The summed E-state index contributed by atoms with van der Waals surface area (Å²) >= 11 is 0. The lowest BCUT2D eigenvalue weighted by Gasteiger charge is -2.28. The van der Waals surface area contributed by atoms with Gasteiger partial charge in [0.15, 0.2) is 0 Å². The SMILES string of the molecule is CCOC(=O)N(c1cccnc1)[C@@H](Cc1ccccc1)C(=O)O. The smallest absolute Gasteiger partial charge is 0.415 e. The van der Waals surface area contributed by atoms with Crippen molar-refractivity contribution in [2.75, 3.05) is 11.5 Å². The van der Waals surface area contributed by atoms with E-state index >= 15 is 0 Å². The zero-order valence-electron chi connectivity index (χ0n) is 12.8. The van der Waals surface area contributed by atoms with Crippen molar-refractivity contribution in [3.05, 3.63) is 60.4 Å². The van der Waals surface area contributed by atoms with Crippen molar-refractivity contribution in [3.8, 4) is 0 Å². The lowest BCUT2D eigenvalue weighted by molar-refractivity contribution is -0.138. The highest BCUT2D eigenvalue weighted by Gasteiger charge is 2.32. The summed E-state index contributed by atoms with van der Waals surface area (Å²) in [5.74, 6) is -1.11. The third kappa shape index (κ3) is 4.29. The Bertz CT molecular complexity index is 646. The molecule has 0 radical (unpaired) electrons. The number of rotatable bonds is 6. The molecule has 23 heavy (non-hydrogen) atoms. The Morgan fingerprint density at radius 3 is 2.52 bits per heavy atom. The first-order chi connectivity index (χ1) is 11.1. The molecule has 0 unspecified atom stereocenters. The summed E-state index contributed by atoms with van der Waals surface area (Å²) < 4.78 is 5.02. The molecule has 0 bridgehead atoms. The van der Waals surface area contributed by atoms with Crippen molar-refractivity contribution in [3.63, 3.8) is 0 Å². The van der Waals surface area contributed by atoms with Crippen molar-refractivity contribution < 1.29 is 19.4 Å². The minimum Gasteiger partial charge on any atom is -0.480 e. The molecule has 1 heterocycles. The van der Waals surface area contributed by atoms with E-state index < -0.39 is 18.1 Å². The molecule has 2 aromatic rings. The summed E-state index contributed by atoms with van der Waals surface area (Å²) in [6, 6.07) is 11.3. The highest BCUT2D eigenvalue weighted by Crippen LogP contribution is 2.20. The van der Waals surface area contributed by atoms with Crippen molar-refractivity contribution in [1.82, 2.24) is 4.98 Å². The zero-order valence-corrected chi connectivity index (χ0v) is 12.8. The van der Waals surface area contributed by atoms with Crippen LogP contribution in [0.1, 0.15) is 12.5 Å². The number of aliphatic carboxylic acids is 1. The summed E-state index contributed by atoms with van der Waals surface area (Å²) in [6.07, 6.45) is 2.46. The molecule has 0 aliphatic carbocycles. The first-order valence-electron chi connectivity index (χ1n) is 7.26. The maximum atomic E-state index is 12.3. The minimum absolute atomic E-state index is 0.160. The van der Waals surface area contributed by atoms with Gasteiger partial charge in [-0.2, -0.15) is 0 Å². The lowest BCUT2D eigenvalue weighted by atomic mass is 10.0. The number of pyridine rings is 1. The van der Waals surface area contributed by atoms with E-state index in [2.05, 4.69) is 4.98 Å². The van der Waals surface area contributed by atoms with E-state index in [-0.39, 0.29) is 13.0 Å². The number of nitrogens with zero attached hydrogens (tertiary/aromatic N) is 2. The summed E-state index contributed by atoms with van der Waals surface area (Å²) in [5.41, 5.74) is 1.20. The van der Waals surface area contributed by atoms with Gasteiger partial charge in [0.25, 0.3) is 0 Å². The van der Waals surface area contributed by atoms with E-state index in [0.717, 1.165) is 10.5 Å². The van der Waals surface area contributed by atoms with Crippen LogP contribution in [0.15, 0.2) is 54.9 Å². The highest BCUT2D eigenvalue weighted by molar-refractivity contribution is 5.95. The molecule has 1 atom stereocenters. The number of benzene rings is 1. The standard InChI is InChI=1S/C17H18N2O4/c1-2-23-17(22)19(14-9-6-10-18-12-14)15(16(20)21)11-13-7-4-3-5-8-13/h3-10,12,15H,2,11H2,1H3,(H,20,21)/t15-/m0/s1. The third-order valence-electron chi connectivity index (χ3n) is 3.26. The third-order valence-corrected chi connectivity index (χ3v) is 3.26. The Kier molecular flexibility index (Phi) is 5.68. The second-order valence-corrected chi connectivity index (χ2v) is 4.82. The van der Waals surface area contributed by atoms with E-state index in [9.17, 15) is 14.7 Å². The first-order valence-corrected chi connectivity index (χ1v) is 7.26. The van der Waals surface area contributed by atoms with Crippen LogP contribution in [0, 0.1) is 0 Å². The van der Waals surface area contributed by atoms with Gasteiger partial charge in [-0.05, 0) is 24.6 Å². The summed E-state index contributed by atoms with van der Waals surface area (Å²) in [4.78, 5) is 29.1. The van der Waals surface area contributed by atoms with Crippen LogP contribution in [0.2, 0.25) is 0 Å². The van der Waals surface area contributed by atoms with E-state index in [4.69, 9.17) is 4.74 Å². The molecule has 0 aliphatic heterocycles. The highest BCUT2D eigenvalue weighted by atomic mass is 16.6. The number of hydrogen-bond acceptors (Lipinski definition) is 4. The van der Waals surface area contributed by atoms with Gasteiger partial charge < -0.3 is 9.84 Å². The van der Waals surface area contributed by atoms with Crippen LogP contribution < -0.4 is 4.90 Å². The summed E-state index contributed by atoms with van der Waals surface area (Å²) in [5, 5.41) is 9.61. The Labute approximate surface area is 134 Å². The van der Waals surface area contributed by atoms with Crippen molar-refractivity contribution in [1.29, 1.82) is 0 Å². The predicted octanol–water partition coefficient (Wildman–Crippen LogP) is 2.74. The largest absolute Gasteiger partial charge is 0.480 e. The number of carboxylic acid groups (broad SMARTS) is 1. The second kappa shape index (κ2) is 7.93. The number of carbonyl (C=O) groups excluding carboxylic acids is 1. The van der Waals surface area contributed by atoms with Gasteiger partial charge in [-0.3, -0.25) is 9.88 Å². The fourth-order valence-electron chi connectivity index (χ4n) is 2.23. The molecule has 1 amide bonds. The molecule has 6 heteroatoms. The summed E-state index contributed by atoms with van der Waals surface area (Å²) in [7, 11) is 0. The second-order valence-electron chi connectivity index (χ2n) is 4.82. The molecule has 0 saturated heterocycles. The fraction of sp³-hybridized carbons (Fsp3) is 0.235. The Balaban J connectivity index is 2.36. The molecular formula is C17H18N2O4. The molecule has 1 N–H and O–H groups in total. The van der Waals surface area contributed by atoms with E-state index in [1.165, 1.54) is 6.20 Å². The van der Waals surface area contributed by atoms with Gasteiger partial charge in [0.1, 0.15) is 6.04 Å². The molecular weight excluding hydrogens is 296 g/mol. The van der Waals surface area contributed by atoms with E-state index in [0.29, 0.717) is 5.69 Å². The maximum Gasteiger partial charge on any atom is 0.415 e. The molecule has 0 fully saturated rings. The Morgan fingerprint density at radius 1 is 1.22 bits per heavy atom. The molecule has 6 nitrogen and oxygen atoms in total. The predicted molar refractivity (Wildman–Crippen MR) is 85.3 cm³/mol. The molecule has 120 valence electrons. The monoisotopic (exact) mass is 314 g/mol. The van der Waals surface area contributed by atoms with Crippen LogP contribution in [0.5, 0.6) is 0 Å². The van der Waals surface area contributed by atoms with Crippen LogP contribution in [0.25, 0.3) is 0 Å². The molecule has 1 aromatic heterocycles. The van der Waals surface area contributed by atoms with Gasteiger partial charge in [0, 0.05) is 12.6 Å². The Morgan fingerprint density at radius 2 is 1.96 bits per heavy atom. The molecule has 0 spiro atoms. The number of aromatic nitrogens is 1. The number of carboxylic acids is 1. The lowest BCUT2D eigenvalue weighted by Crippen LogP contribution is -2.47.